The molecular weight excluding hydrogens is 483 g/mol. The van der Waals surface area contributed by atoms with Crippen molar-refractivity contribution in [2.45, 2.75) is 83.5 Å². The summed E-state index contributed by atoms with van der Waals surface area (Å²) < 4.78 is 42.9. The van der Waals surface area contributed by atoms with Gasteiger partial charge >= 0.3 is 6.18 Å². The van der Waals surface area contributed by atoms with Crippen molar-refractivity contribution in [3.05, 3.63) is 40.7 Å². The lowest BCUT2D eigenvalue weighted by atomic mass is 9.75. The second-order valence-electron chi connectivity index (χ2n) is 11.6. The van der Waals surface area contributed by atoms with E-state index in [1.165, 1.54) is 29.7 Å². The maximum atomic E-state index is 13.9. The molecule has 3 aliphatic rings. The zero-order valence-corrected chi connectivity index (χ0v) is 21.3. The zero-order valence-electron chi connectivity index (χ0n) is 21.3. The number of hydrogen-bond donors (Lipinski definition) is 3. The Morgan fingerprint density at radius 3 is 2.49 bits per heavy atom. The number of ketones is 1. The number of primary amides is 1. The van der Waals surface area contributed by atoms with Gasteiger partial charge in [0.1, 0.15) is 0 Å². The lowest BCUT2D eigenvalue weighted by Gasteiger charge is -2.34. The first-order valence-electron chi connectivity index (χ1n) is 13.1. The number of Topliss-reactive ketones (excluding diaryl/α,β-unsaturated/α-hetero) is 1. The van der Waals surface area contributed by atoms with E-state index in [4.69, 9.17) is 5.73 Å². The molecule has 0 spiro atoms. The van der Waals surface area contributed by atoms with Crippen molar-refractivity contribution in [3.63, 3.8) is 0 Å². The second kappa shape index (κ2) is 9.45. The van der Waals surface area contributed by atoms with Gasteiger partial charge in [0.25, 0.3) is 5.91 Å². The summed E-state index contributed by atoms with van der Waals surface area (Å²) in [5.74, 6) is -0.446. The van der Waals surface area contributed by atoms with Crippen LogP contribution in [0, 0.1) is 11.3 Å². The summed E-state index contributed by atoms with van der Waals surface area (Å²) in [6.45, 7) is 4.69. The van der Waals surface area contributed by atoms with E-state index in [0.29, 0.717) is 11.4 Å². The molecule has 0 saturated heterocycles. The lowest BCUT2D eigenvalue weighted by Crippen LogP contribution is -2.47. The topological polar surface area (TPSA) is 102 Å². The molecule has 2 atom stereocenters. The van der Waals surface area contributed by atoms with Gasteiger partial charge in [0, 0.05) is 24.2 Å². The van der Waals surface area contributed by atoms with Crippen molar-refractivity contribution in [1.29, 1.82) is 0 Å². The Morgan fingerprint density at radius 2 is 1.84 bits per heavy atom. The molecule has 200 valence electrons. The molecule has 0 radical (unpaired) electrons. The van der Waals surface area contributed by atoms with Crippen molar-refractivity contribution < 1.29 is 22.8 Å². The third-order valence-electron chi connectivity index (χ3n) is 7.80. The minimum Gasteiger partial charge on any atom is -0.380 e. The molecule has 2 aromatic rings. The molecular formula is C27H34F3N5O2. The summed E-state index contributed by atoms with van der Waals surface area (Å²) >= 11 is 0. The number of aromatic nitrogens is 2. The first-order chi connectivity index (χ1) is 17.4. The Hall–Kier alpha value is -2.88. The van der Waals surface area contributed by atoms with E-state index in [2.05, 4.69) is 15.7 Å². The summed E-state index contributed by atoms with van der Waals surface area (Å²) in [4.78, 5) is 25.1. The average molecular weight is 518 g/mol. The number of amides is 1. The van der Waals surface area contributed by atoms with Crippen molar-refractivity contribution in [3.8, 4) is 5.69 Å². The van der Waals surface area contributed by atoms with E-state index < -0.39 is 29.0 Å². The molecule has 2 fully saturated rings. The zero-order chi connectivity index (χ0) is 26.5. The Balaban J connectivity index is 1.53. The number of alkyl halides is 3. The van der Waals surface area contributed by atoms with Crippen LogP contribution in [0.4, 0.5) is 18.9 Å². The smallest absolute Gasteiger partial charge is 0.380 e. The van der Waals surface area contributed by atoms with Gasteiger partial charge < -0.3 is 16.4 Å². The maximum absolute atomic E-state index is 13.9. The van der Waals surface area contributed by atoms with Crippen LogP contribution in [0.2, 0.25) is 0 Å². The van der Waals surface area contributed by atoms with E-state index >= 15 is 0 Å². The number of anilines is 1. The number of halogens is 3. The van der Waals surface area contributed by atoms with Crippen molar-refractivity contribution >= 4 is 17.4 Å². The van der Waals surface area contributed by atoms with E-state index in [0.717, 1.165) is 38.1 Å². The molecule has 37 heavy (non-hydrogen) atoms. The Bertz CT molecular complexity index is 1220. The SMILES string of the molecule is CC1(C)CC(=O)c2c(C(F)(F)F)nn(-c3ccc(C(N)=O)c(N[C@@H]4CCCC[C@H]4NCC4CC4)c3)c2C1. The van der Waals surface area contributed by atoms with Gasteiger partial charge in [-0.25, -0.2) is 4.68 Å². The van der Waals surface area contributed by atoms with E-state index in [1.54, 1.807) is 6.07 Å². The fourth-order valence-electron chi connectivity index (χ4n) is 5.75. The average Bonchev–Trinajstić information content (AvgIpc) is 3.55. The van der Waals surface area contributed by atoms with Crippen molar-refractivity contribution in [1.82, 2.24) is 15.1 Å². The number of benzene rings is 1. The van der Waals surface area contributed by atoms with Gasteiger partial charge in [-0.1, -0.05) is 26.7 Å². The molecule has 2 saturated carbocycles. The van der Waals surface area contributed by atoms with Crippen LogP contribution in [0.25, 0.3) is 5.69 Å². The molecule has 0 bridgehead atoms. The third-order valence-corrected chi connectivity index (χ3v) is 7.80. The minimum absolute atomic E-state index is 0.0269. The Morgan fingerprint density at radius 1 is 1.14 bits per heavy atom. The van der Waals surface area contributed by atoms with Crippen molar-refractivity contribution in [2.75, 3.05) is 11.9 Å². The molecule has 3 aliphatic carbocycles. The van der Waals surface area contributed by atoms with Crippen LogP contribution in [-0.2, 0) is 12.6 Å². The van der Waals surface area contributed by atoms with Gasteiger partial charge in [-0.2, -0.15) is 18.3 Å². The second-order valence-corrected chi connectivity index (χ2v) is 11.6. The number of nitrogens with one attached hydrogen (secondary N) is 2. The molecule has 4 N–H and O–H groups in total. The monoisotopic (exact) mass is 517 g/mol. The normalized spacial score (nSPS) is 23.5. The van der Waals surface area contributed by atoms with Gasteiger partial charge in [-0.3, -0.25) is 9.59 Å². The highest BCUT2D eigenvalue weighted by Crippen LogP contribution is 2.42. The van der Waals surface area contributed by atoms with Crippen molar-refractivity contribution in [2.24, 2.45) is 17.1 Å². The Labute approximate surface area is 214 Å². The summed E-state index contributed by atoms with van der Waals surface area (Å²) in [7, 11) is 0. The van der Waals surface area contributed by atoms with Crippen LogP contribution in [-0.4, -0.2) is 40.1 Å². The largest absolute Gasteiger partial charge is 0.435 e. The van der Waals surface area contributed by atoms with E-state index in [-0.39, 0.29) is 41.7 Å². The standard InChI is InChI=1S/C27H34F3N5O2/c1-26(2)12-21-23(22(36)13-26)24(27(28,29)30)34-35(21)16-9-10-17(25(31)37)20(11-16)33-19-6-4-3-5-18(19)32-14-15-7-8-15/h9-11,15,18-19,32-33H,3-8,12-14H2,1-2H3,(H2,31,37)/t18-,19-/m1/s1. The summed E-state index contributed by atoms with van der Waals surface area (Å²) in [6, 6.07) is 4.97. The number of fused-ring (bicyclic) bond motifs is 1. The predicted octanol–water partition coefficient (Wildman–Crippen LogP) is 4.87. The number of rotatable bonds is 7. The minimum atomic E-state index is -4.76. The lowest BCUT2D eigenvalue weighted by molar-refractivity contribution is -0.141. The summed E-state index contributed by atoms with van der Waals surface area (Å²) in [6.07, 6.45) is 2.11. The Kier molecular flexibility index (Phi) is 6.58. The van der Waals surface area contributed by atoms with Crippen LogP contribution in [0.1, 0.15) is 90.9 Å². The van der Waals surface area contributed by atoms with E-state index in [9.17, 15) is 22.8 Å². The number of hydrogen-bond acceptors (Lipinski definition) is 5. The highest BCUT2D eigenvalue weighted by molar-refractivity contribution is 6.00. The molecule has 1 heterocycles. The summed E-state index contributed by atoms with van der Waals surface area (Å²) in [5.41, 5.74) is 4.99. The molecule has 1 aromatic carbocycles. The number of nitrogens with zero attached hydrogens (tertiary/aromatic N) is 2. The van der Waals surface area contributed by atoms with Crippen LogP contribution >= 0.6 is 0 Å². The molecule has 10 heteroatoms. The highest BCUT2D eigenvalue weighted by Gasteiger charge is 2.45. The number of carbonyl (C=O) groups excluding carboxylic acids is 2. The van der Waals surface area contributed by atoms with Crippen LogP contribution in [0.5, 0.6) is 0 Å². The molecule has 1 amide bonds. The van der Waals surface area contributed by atoms with Gasteiger partial charge in [-0.05, 0) is 68.2 Å². The van der Waals surface area contributed by atoms with E-state index in [1.807, 2.05) is 13.8 Å². The van der Waals surface area contributed by atoms with Crippen LogP contribution in [0.3, 0.4) is 0 Å². The first-order valence-corrected chi connectivity index (χ1v) is 13.1. The summed E-state index contributed by atoms with van der Waals surface area (Å²) in [5, 5.41) is 11.0. The number of carbonyl (C=O) groups is 2. The van der Waals surface area contributed by atoms with Gasteiger partial charge in [0.05, 0.1) is 22.5 Å². The first kappa shape index (κ1) is 25.8. The van der Waals surface area contributed by atoms with Gasteiger partial charge in [-0.15, -0.1) is 0 Å². The molecule has 0 unspecified atom stereocenters. The van der Waals surface area contributed by atoms with Crippen LogP contribution < -0.4 is 16.4 Å². The highest BCUT2D eigenvalue weighted by atomic mass is 19.4. The van der Waals surface area contributed by atoms with Gasteiger partial charge in [0.15, 0.2) is 11.5 Å². The fraction of sp³-hybridized carbons (Fsp3) is 0.593. The maximum Gasteiger partial charge on any atom is 0.435 e. The fourth-order valence-corrected chi connectivity index (χ4v) is 5.75. The quantitative estimate of drug-likeness (QED) is 0.487. The molecule has 0 aliphatic heterocycles. The third kappa shape index (κ3) is 5.39. The predicted molar refractivity (Wildman–Crippen MR) is 134 cm³/mol. The number of nitrogens with two attached hydrogens (primary N) is 1. The van der Waals surface area contributed by atoms with Crippen LogP contribution in [0.15, 0.2) is 18.2 Å². The van der Waals surface area contributed by atoms with Gasteiger partial charge in [0.2, 0.25) is 0 Å². The molecule has 1 aromatic heterocycles. The molecule has 7 nitrogen and oxygen atoms in total. The molecule has 5 rings (SSSR count).